The number of halogens is 1. The molecule has 0 spiro atoms. The lowest BCUT2D eigenvalue weighted by molar-refractivity contribution is -0.140. The molecule has 278 valence electrons. The number of hydrogen-bond acceptors (Lipinski definition) is 10. The van der Waals surface area contributed by atoms with E-state index in [0.717, 1.165) is 25.0 Å². The summed E-state index contributed by atoms with van der Waals surface area (Å²) in [6, 6.07) is 5.39. The number of nitrogens with zero attached hydrogens (tertiary/aromatic N) is 3. The summed E-state index contributed by atoms with van der Waals surface area (Å²) >= 11 is 8.27. The highest BCUT2D eigenvalue weighted by molar-refractivity contribution is 7.91. The smallest absolute Gasteiger partial charge is 0.259 e. The molecule has 4 aliphatic rings. The van der Waals surface area contributed by atoms with Gasteiger partial charge in [0.15, 0.2) is 0 Å². The lowest BCUT2D eigenvalue weighted by atomic mass is 9.93. The standard InChI is InChI=1S/C37H44ClN5O7S2/c1-20(2)28-19-51-34(40-28)27-17-30(24-12-13-29(49-4)31(38)32(24)39-27)50-22-15-25-26(16-22)35(45)43(3)14-8-6-5-7-9-21-18-37(21,41-33(25)44)36(46)42-52(47,48)23-10-11-23/h7,9,12-13,17,19-23,25-26H,5-6,8,10-11,14-16,18H2,1-4H3,(H,41,44)(H,42,46)/b9-7+. The number of allylic oxidation sites excluding steroid dienone is 1. The number of methoxy groups -OCH3 is 1. The molecule has 1 aliphatic heterocycles. The Bertz CT molecular complexity index is 2050. The van der Waals surface area contributed by atoms with Crippen LogP contribution in [0.5, 0.6) is 11.5 Å². The molecule has 2 N–H and O–H groups in total. The summed E-state index contributed by atoms with van der Waals surface area (Å²) in [5.41, 5.74) is 0.576. The van der Waals surface area contributed by atoms with Crippen LogP contribution in [0.1, 0.15) is 76.8 Å². The molecule has 7 rings (SSSR count). The van der Waals surface area contributed by atoms with Crippen LogP contribution in [0.3, 0.4) is 0 Å². The molecule has 5 unspecified atom stereocenters. The van der Waals surface area contributed by atoms with E-state index in [1.165, 1.54) is 18.4 Å². The van der Waals surface area contributed by atoms with Crippen molar-refractivity contribution >= 4 is 61.6 Å². The number of amides is 3. The largest absolute Gasteiger partial charge is 0.495 e. The summed E-state index contributed by atoms with van der Waals surface area (Å²) in [4.78, 5) is 53.2. The van der Waals surface area contributed by atoms with E-state index in [0.29, 0.717) is 57.5 Å². The molecule has 5 atom stereocenters. The highest BCUT2D eigenvalue weighted by Crippen LogP contribution is 2.47. The summed E-state index contributed by atoms with van der Waals surface area (Å²) < 4.78 is 40.0. The molecule has 3 aliphatic carbocycles. The van der Waals surface area contributed by atoms with Gasteiger partial charge in [-0.3, -0.25) is 19.1 Å². The number of rotatable bonds is 8. The van der Waals surface area contributed by atoms with Gasteiger partial charge in [-0.25, -0.2) is 18.4 Å². The number of fused-ring (bicyclic) bond motifs is 3. The fraction of sp³-hybridized carbons (Fsp3) is 0.541. The predicted octanol–water partition coefficient (Wildman–Crippen LogP) is 5.60. The molecular weight excluding hydrogens is 726 g/mol. The van der Waals surface area contributed by atoms with Crippen LogP contribution < -0.4 is 19.5 Å². The Labute approximate surface area is 312 Å². The minimum Gasteiger partial charge on any atom is -0.495 e. The average molecular weight is 770 g/mol. The first-order valence-electron chi connectivity index (χ1n) is 17.9. The maximum atomic E-state index is 14.3. The van der Waals surface area contributed by atoms with Crippen LogP contribution in [0, 0.1) is 17.8 Å². The van der Waals surface area contributed by atoms with Gasteiger partial charge < -0.3 is 19.7 Å². The van der Waals surface area contributed by atoms with Crippen LogP contribution in [0.4, 0.5) is 0 Å². The van der Waals surface area contributed by atoms with Crippen LogP contribution in [0.2, 0.25) is 5.02 Å². The number of thiazole rings is 1. The van der Waals surface area contributed by atoms with Crippen LogP contribution in [-0.4, -0.2) is 78.6 Å². The van der Waals surface area contributed by atoms with E-state index in [4.69, 9.17) is 31.0 Å². The zero-order valence-electron chi connectivity index (χ0n) is 29.7. The van der Waals surface area contributed by atoms with Crippen LogP contribution in [0.15, 0.2) is 35.7 Å². The number of aromatic nitrogens is 2. The summed E-state index contributed by atoms with van der Waals surface area (Å²) in [5, 5.41) is 6.02. The van der Waals surface area contributed by atoms with Crippen molar-refractivity contribution in [3.8, 4) is 22.2 Å². The average Bonchev–Trinajstić information content (AvgIpc) is 3.98. The lowest BCUT2D eigenvalue weighted by Crippen LogP contribution is -2.54. The molecule has 12 nitrogen and oxygen atoms in total. The number of pyridine rings is 1. The Balaban J connectivity index is 1.21. The first-order valence-corrected chi connectivity index (χ1v) is 20.7. The summed E-state index contributed by atoms with van der Waals surface area (Å²) in [5.74, 6) is -2.09. The molecule has 3 heterocycles. The van der Waals surface area contributed by atoms with E-state index in [-0.39, 0.29) is 37.0 Å². The number of benzene rings is 1. The molecule has 1 aromatic carbocycles. The van der Waals surface area contributed by atoms with Crippen molar-refractivity contribution in [3.05, 3.63) is 46.4 Å². The Morgan fingerprint density at radius 3 is 2.62 bits per heavy atom. The van der Waals surface area contributed by atoms with Gasteiger partial charge in [0.05, 0.1) is 35.4 Å². The fourth-order valence-corrected chi connectivity index (χ4v) is 9.90. The summed E-state index contributed by atoms with van der Waals surface area (Å²) in [6.45, 7) is 4.69. The highest BCUT2D eigenvalue weighted by Gasteiger charge is 2.62. The van der Waals surface area contributed by atoms with Crippen LogP contribution >= 0.6 is 22.9 Å². The second kappa shape index (κ2) is 14.2. The van der Waals surface area contributed by atoms with Gasteiger partial charge in [0.1, 0.15) is 38.9 Å². The lowest BCUT2D eigenvalue weighted by Gasteiger charge is -2.26. The van der Waals surface area contributed by atoms with Crippen molar-refractivity contribution in [2.75, 3.05) is 20.7 Å². The van der Waals surface area contributed by atoms with Gasteiger partial charge in [0.2, 0.25) is 21.8 Å². The van der Waals surface area contributed by atoms with Gasteiger partial charge in [-0.2, -0.15) is 0 Å². The van der Waals surface area contributed by atoms with Gasteiger partial charge in [0.25, 0.3) is 5.91 Å². The zero-order valence-corrected chi connectivity index (χ0v) is 32.1. The normalized spacial score (nSPS) is 27.4. The van der Waals surface area contributed by atoms with Crippen molar-refractivity contribution in [3.63, 3.8) is 0 Å². The molecule has 3 amide bonds. The van der Waals surface area contributed by atoms with E-state index in [2.05, 4.69) is 23.9 Å². The predicted molar refractivity (Wildman–Crippen MR) is 199 cm³/mol. The monoisotopic (exact) mass is 769 g/mol. The summed E-state index contributed by atoms with van der Waals surface area (Å²) in [6.07, 6.45) is 7.42. The van der Waals surface area contributed by atoms with Crippen LogP contribution in [-0.2, 0) is 24.4 Å². The molecule has 0 saturated heterocycles. The Morgan fingerprint density at radius 2 is 1.90 bits per heavy atom. The SMILES string of the molecule is COc1ccc2c(OC3CC4C(=O)NC5(C(=O)NS(=O)(=O)C6CC6)CC5/C=C/CCCCN(C)C(=O)C4C3)cc(-c3nc(C(C)C)cs3)nc2c1Cl. The number of carbonyl (C=O) groups is 3. The van der Waals surface area contributed by atoms with Crippen molar-refractivity contribution in [1.82, 2.24) is 24.9 Å². The van der Waals surface area contributed by atoms with Crippen molar-refractivity contribution in [2.24, 2.45) is 17.8 Å². The summed E-state index contributed by atoms with van der Waals surface area (Å²) in [7, 11) is -0.553. The molecule has 2 aromatic heterocycles. The maximum Gasteiger partial charge on any atom is 0.259 e. The third-order valence-electron chi connectivity index (χ3n) is 10.7. The van der Waals surface area contributed by atoms with Gasteiger partial charge in [0, 0.05) is 36.3 Å². The Morgan fingerprint density at radius 1 is 1.13 bits per heavy atom. The highest BCUT2D eigenvalue weighted by atomic mass is 35.5. The first kappa shape index (κ1) is 36.6. The molecule has 3 fully saturated rings. The second-order valence-electron chi connectivity index (χ2n) is 14.8. The van der Waals surface area contributed by atoms with E-state index in [1.807, 2.05) is 29.7 Å². The fourth-order valence-electron chi connectivity index (χ4n) is 7.31. The zero-order chi connectivity index (χ0) is 36.9. The molecular formula is C37H44ClN5O7S2. The van der Waals surface area contributed by atoms with E-state index in [9.17, 15) is 22.8 Å². The van der Waals surface area contributed by atoms with Gasteiger partial charge in [-0.05, 0) is 69.4 Å². The van der Waals surface area contributed by atoms with Crippen molar-refractivity contribution < 1.29 is 32.3 Å². The van der Waals surface area contributed by atoms with E-state index < -0.39 is 50.6 Å². The van der Waals surface area contributed by atoms with Crippen molar-refractivity contribution in [2.45, 2.75) is 88.0 Å². The Hall–Kier alpha value is -3.75. The quantitative estimate of drug-likeness (QED) is 0.279. The Kier molecular flexibility index (Phi) is 10.0. The van der Waals surface area contributed by atoms with Gasteiger partial charge in [-0.15, -0.1) is 11.3 Å². The molecule has 52 heavy (non-hydrogen) atoms. The topological polar surface area (TPSA) is 157 Å². The maximum absolute atomic E-state index is 14.3. The molecule has 3 aromatic rings. The number of nitrogens with one attached hydrogen (secondary N) is 2. The number of sulfonamides is 1. The second-order valence-corrected chi connectivity index (χ2v) is 18.0. The molecule has 15 heteroatoms. The van der Waals surface area contributed by atoms with Gasteiger partial charge in [-0.1, -0.05) is 37.6 Å². The third-order valence-corrected chi connectivity index (χ3v) is 13.8. The van der Waals surface area contributed by atoms with Gasteiger partial charge >= 0.3 is 0 Å². The minimum atomic E-state index is -3.84. The molecule has 0 radical (unpaired) electrons. The molecule has 0 bridgehead atoms. The number of carbonyl (C=O) groups excluding carboxylic acids is 3. The third kappa shape index (κ3) is 7.13. The van der Waals surface area contributed by atoms with E-state index >= 15 is 0 Å². The van der Waals surface area contributed by atoms with Crippen molar-refractivity contribution in [1.29, 1.82) is 0 Å². The first-order chi connectivity index (χ1) is 24.8. The van der Waals surface area contributed by atoms with E-state index in [1.54, 1.807) is 18.0 Å². The number of hydrogen-bond donors (Lipinski definition) is 2. The van der Waals surface area contributed by atoms with Crippen LogP contribution in [0.25, 0.3) is 21.6 Å². The minimum absolute atomic E-state index is 0.168. The number of ether oxygens (including phenoxy) is 2. The molecule has 3 saturated carbocycles.